The number of hydrogen-bond donors (Lipinski definition) is 1. The lowest BCUT2D eigenvalue weighted by Gasteiger charge is -2.37. The Morgan fingerprint density at radius 1 is 1.35 bits per heavy atom. The molecule has 1 aromatic rings. The van der Waals surface area contributed by atoms with Crippen LogP contribution in [0.25, 0.3) is 0 Å². The molecule has 0 aromatic heterocycles. The largest absolute Gasteiger partial charge is 0.314 e. The summed E-state index contributed by atoms with van der Waals surface area (Å²) in [5.41, 5.74) is 1.09. The lowest BCUT2D eigenvalue weighted by atomic mass is 9.95. The summed E-state index contributed by atoms with van der Waals surface area (Å²) in [5, 5.41) is 3.54. The zero-order chi connectivity index (χ0) is 14.5. The summed E-state index contributed by atoms with van der Waals surface area (Å²) < 4.78 is 13.4. The third kappa shape index (κ3) is 4.29. The zero-order valence-electron chi connectivity index (χ0n) is 12.9. The van der Waals surface area contributed by atoms with Gasteiger partial charge in [0.15, 0.2) is 0 Å². The highest BCUT2D eigenvalue weighted by molar-refractivity contribution is 5.19. The van der Waals surface area contributed by atoms with Gasteiger partial charge in [-0.2, -0.15) is 0 Å². The van der Waals surface area contributed by atoms with Gasteiger partial charge in [-0.3, -0.25) is 4.90 Å². The third-order valence-corrected chi connectivity index (χ3v) is 4.24. The van der Waals surface area contributed by atoms with E-state index in [0.717, 1.165) is 25.2 Å². The van der Waals surface area contributed by atoms with Crippen LogP contribution < -0.4 is 5.32 Å². The van der Waals surface area contributed by atoms with Crippen LogP contribution in [0, 0.1) is 11.7 Å². The second kappa shape index (κ2) is 7.19. The quantitative estimate of drug-likeness (QED) is 0.885. The van der Waals surface area contributed by atoms with E-state index >= 15 is 0 Å². The molecule has 1 fully saturated rings. The third-order valence-electron chi connectivity index (χ3n) is 4.24. The minimum atomic E-state index is -0.135. The molecule has 1 saturated heterocycles. The number of nitrogens with zero attached hydrogens (tertiary/aromatic N) is 1. The number of rotatable bonds is 5. The summed E-state index contributed by atoms with van der Waals surface area (Å²) in [6.45, 7) is 9.89. The summed E-state index contributed by atoms with van der Waals surface area (Å²) in [5.74, 6) is 0.576. The zero-order valence-corrected chi connectivity index (χ0v) is 12.9. The van der Waals surface area contributed by atoms with E-state index in [4.69, 9.17) is 0 Å². The van der Waals surface area contributed by atoms with Crippen molar-refractivity contribution in [3.8, 4) is 0 Å². The van der Waals surface area contributed by atoms with Crippen molar-refractivity contribution >= 4 is 0 Å². The van der Waals surface area contributed by atoms with E-state index < -0.39 is 0 Å². The average Bonchev–Trinajstić information content (AvgIpc) is 2.44. The van der Waals surface area contributed by atoms with Crippen LogP contribution in [0.4, 0.5) is 4.39 Å². The van der Waals surface area contributed by atoms with Gasteiger partial charge in [0.1, 0.15) is 5.82 Å². The molecule has 2 atom stereocenters. The fourth-order valence-electron chi connectivity index (χ4n) is 3.00. The first-order chi connectivity index (χ1) is 9.56. The van der Waals surface area contributed by atoms with Gasteiger partial charge in [-0.05, 0) is 56.5 Å². The van der Waals surface area contributed by atoms with Gasteiger partial charge in [0.2, 0.25) is 0 Å². The van der Waals surface area contributed by atoms with Crippen molar-refractivity contribution in [2.45, 2.75) is 45.7 Å². The Kier molecular flexibility index (Phi) is 5.55. The predicted molar refractivity (Wildman–Crippen MR) is 82.3 cm³/mol. The van der Waals surface area contributed by atoms with Crippen molar-refractivity contribution in [1.29, 1.82) is 0 Å². The second-order valence-corrected chi connectivity index (χ2v) is 6.30. The molecule has 1 aliphatic rings. The topological polar surface area (TPSA) is 15.3 Å². The highest BCUT2D eigenvalue weighted by Crippen LogP contribution is 2.26. The van der Waals surface area contributed by atoms with E-state index in [-0.39, 0.29) is 5.82 Å². The molecule has 0 bridgehead atoms. The van der Waals surface area contributed by atoms with Gasteiger partial charge < -0.3 is 5.32 Å². The molecule has 3 heteroatoms. The van der Waals surface area contributed by atoms with Gasteiger partial charge in [0.05, 0.1) is 0 Å². The summed E-state index contributed by atoms with van der Waals surface area (Å²) in [6, 6.07) is 7.87. The van der Waals surface area contributed by atoms with Crippen molar-refractivity contribution in [1.82, 2.24) is 10.2 Å². The molecule has 1 aromatic carbocycles. The van der Waals surface area contributed by atoms with Gasteiger partial charge in [0, 0.05) is 18.6 Å². The predicted octanol–water partition coefficient (Wildman–Crippen LogP) is 3.60. The maximum atomic E-state index is 13.4. The molecule has 20 heavy (non-hydrogen) atoms. The number of halogens is 1. The van der Waals surface area contributed by atoms with Crippen LogP contribution in [-0.2, 0) is 0 Å². The van der Waals surface area contributed by atoms with E-state index in [0.29, 0.717) is 18.0 Å². The maximum Gasteiger partial charge on any atom is 0.123 e. The number of benzene rings is 1. The van der Waals surface area contributed by atoms with E-state index in [9.17, 15) is 4.39 Å². The second-order valence-electron chi connectivity index (χ2n) is 6.30. The number of likely N-dealkylation sites (tertiary alicyclic amines) is 1. The Morgan fingerprint density at radius 2 is 2.15 bits per heavy atom. The van der Waals surface area contributed by atoms with Gasteiger partial charge in [0.25, 0.3) is 0 Å². The van der Waals surface area contributed by atoms with Crippen LogP contribution in [0.15, 0.2) is 24.3 Å². The molecule has 2 unspecified atom stereocenters. The summed E-state index contributed by atoms with van der Waals surface area (Å²) in [6.07, 6.45) is 2.54. The molecule has 0 aliphatic carbocycles. The van der Waals surface area contributed by atoms with Crippen molar-refractivity contribution in [3.63, 3.8) is 0 Å². The molecule has 1 N–H and O–H groups in total. The fraction of sp³-hybridized carbons (Fsp3) is 0.647. The van der Waals surface area contributed by atoms with Gasteiger partial charge in [-0.25, -0.2) is 4.39 Å². The highest BCUT2D eigenvalue weighted by atomic mass is 19.1. The molecule has 2 nitrogen and oxygen atoms in total. The molecule has 2 rings (SSSR count). The Hall–Kier alpha value is -0.930. The van der Waals surface area contributed by atoms with E-state index in [1.165, 1.54) is 18.9 Å². The molecule has 0 amide bonds. The molecular weight excluding hydrogens is 251 g/mol. The molecule has 112 valence electrons. The van der Waals surface area contributed by atoms with Crippen molar-refractivity contribution in [2.75, 3.05) is 19.6 Å². The van der Waals surface area contributed by atoms with Gasteiger partial charge >= 0.3 is 0 Å². The fourth-order valence-corrected chi connectivity index (χ4v) is 3.00. The van der Waals surface area contributed by atoms with E-state index in [1.54, 1.807) is 6.07 Å². The molecule has 1 aliphatic heterocycles. The van der Waals surface area contributed by atoms with Crippen LogP contribution >= 0.6 is 0 Å². The van der Waals surface area contributed by atoms with Crippen LogP contribution in [0.1, 0.15) is 45.2 Å². The molecular formula is C17H27FN2. The summed E-state index contributed by atoms with van der Waals surface area (Å²) in [7, 11) is 0. The average molecular weight is 278 g/mol. The van der Waals surface area contributed by atoms with Crippen LogP contribution in [0.3, 0.4) is 0 Å². The van der Waals surface area contributed by atoms with E-state index in [2.05, 4.69) is 31.0 Å². The lowest BCUT2D eigenvalue weighted by molar-refractivity contribution is 0.129. The van der Waals surface area contributed by atoms with Crippen molar-refractivity contribution in [2.24, 2.45) is 5.92 Å². The van der Waals surface area contributed by atoms with E-state index in [1.807, 2.05) is 12.1 Å². The Labute approximate surface area is 122 Å². The standard InChI is InChI=1S/C17H27FN2/c1-13(2)19-11-15-6-5-9-20(12-15)14(3)16-7-4-8-17(18)10-16/h4,7-8,10,13-15,19H,5-6,9,11-12H2,1-3H3. The Balaban J connectivity index is 1.94. The lowest BCUT2D eigenvalue weighted by Crippen LogP contribution is -2.42. The summed E-state index contributed by atoms with van der Waals surface area (Å²) in [4.78, 5) is 2.49. The molecule has 0 spiro atoms. The van der Waals surface area contributed by atoms with Gasteiger partial charge in [-0.15, -0.1) is 0 Å². The minimum Gasteiger partial charge on any atom is -0.314 e. The first-order valence-corrected chi connectivity index (χ1v) is 7.79. The number of piperidine rings is 1. The van der Waals surface area contributed by atoms with Crippen LogP contribution in [0.2, 0.25) is 0 Å². The molecule has 0 saturated carbocycles. The van der Waals surface area contributed by atoms with Crippen molar-refractivity contribution in [3.05, 3.63) is 35.6 Å². The smallest absolute Gasteiger partial charge is 0.123 e. The monoisotopic (exact) mass is 278 g/mol. The molecule has 1 heterocycles. The highest BCUT2D eigenvalue weighted by Gasteiger charge is 2.24. The SMILES string of the molecule is CC(C)NCC1CCCN(C(C)c2cccc(F)c2)C1. The Bertz CT molecular complexity index is 419. The summed E-state index contributed by atoms with van der Waals surface area (Å²) >= 11 is 0. The number of nitrogens with one attached hydrogen (secondary N) is 1. The van der Waals surface area contributed by atoms with Gasteiger partial charge in [-0.1, -0.05) is 26.0 Å². The maximum absolute atomic E-state index is 13.4. The normalized spacial score (nSPS) is 22.1. The van der Waals surface area contributed by atoms with Crippen molar-refractivity contribution < 1.29 is 4.39 Å². The Morgan fingerprint density at radius 3 is 2.85 bits per heavy atom. The first-order valence-electron chi connectivity index (χ1n) is 7.79. The minimum absolute atomic E-state index is 0.135. The van der Waals surface area contributed by atoms with Crippen LogP contribution in [0.5, 0.6) is 0 Å². The van der Waals surface area contributed by atoms with Crippen LogP contribution in [-0.4, -0.2) is 30.6 Å². The first kappa shape index (κ1) is 15.5. The number of hydrogen-bond acceptors (Lipinski definition) is 2. The molecule has 0 radical (unpaired) electrons.